The minimum atomic E-state index is -0.410. The predicted molar refractivity (Wildman–Crippen MR) is 93.0 cm³/mol. The van der Waals surface area contributed by atoms with E-state index in [4.69, 9.17) is 16.3 Å². The summed E-state index contributed by atoms with van der Waals surface area (Å²) in [6.07, 6.45) is 0. The first-order valence-corrected chi connectivity index (χ1v) is 7.76. The third kappa shape index (κ3) is 3.60. The first-order chi connectivity index (χ1) is 11.5. The molecule has 0 saturated heterocycles. The van der Waals surface area contributed by atoms with Crippen molar-refractivity contribution in [3.63, 3.8) is 0 Å². The van der Waals surface area contributed by atoms with E-state index in [2.05, 4.69) is 10.6 Å². The molecule has 6 nitrogen and oxygen atoms in total. The third-order valence-electron chi connectivity index (χ3n) is 3.60. The molecule has 1 aliphatic rings. The molecule has 0 radical (unpaired) electrons. The Bertz CT molecular complexity index is 777. The standard InChI is InChI=1S/C17H16ClN3O3/c1-21-8-9-24-15-7-6-13(10-14(15)16(21)22)20-17(23)19-12-4-2-11(18)3-5-12/h2-7,10H,8-9H2,1H3,(H2,19,20,23). The normalized spacial score (nSPS) is 13.6. The number of ether oxygens (including phenoxy) is 1. The summed E-state index contributed by atoms with van der Waals surface area (Å²) < 4.78 is 5.55. The smallest absolute Gasteiger partial charge is 0.323 e. The molecule has 0 saturated carbocycles. The average Bonchev–Trinajstić information content (AvgIpc) is 2.70. The number of hydrogen-bond acceptors (Lipinski definition) is 3. The number of anilines is 2. The fourth-order valence-corrected chi connectivity index (χ4v) is 2.45. The number of amides is 3. The SMILES string of the molecule is CN1CCOc2ccc(NC(=O)Nc3ccc(Cl)cc3)cc2C1=O. The average molecular weight is 346 g/mol. The Morgan fingerprint density at radius 1 is 1.12 bits per heavy atom. The second-order valence-corrected chi connectivity index (χ2v) is 5.81. The Kier molecular flexibility index (Phi) is 4.57. The van der Waals surface area contributed by atoms with Crippen molar-refractivity contribution in [2.75, 3.05) is 30.8 Å². The summed E-state index contributed by atoms with van der Waals surface area (Å²) in [7, 11) is 1.72. The van der Waals surface area contributed by atoms with Crippen LogP contribution in [0.2, 0.25) is 5.02 Å². The minimum Gasteiger partial charge on any atom is -0.491 e. The van der Waals surface area contributed by atoms with Crippen molar-refractivity contribution in [1.29, 1.82) is 0 Å². The van der Waals surface area contributed by atoms with Crippen LogP contribution in [0.15, 0.2) is 42.5 Å². The summed E-state index contributed by atoms with van der Waals surface area (Å²) in [5, 5.41) is 5.99. The summed E-state index contributed by atoms with van der Waals surface area (Å²) in [5.41, 5.74) is 1.55. The second kappa shape index (κ2) is 6.80. The molecule has 0 spiro atoms. The van der Waals surface area contributed by atoms with E-state index in [9.17, 15) is 9.59 Å². The van der Waals surface area contributed by atoms with E-state index < -0.39 is 6.03 Å². The zero-order valence-electron chi connectivity index (χ0n) is 13.0. The summed E-state index contributed by atoms with van der Waals surface area (Å²) in [6.45, 7) is 0.965. The highest BCUT2D eigenvalue weighted by Crippen LogP contribution is 2.26. The van der Waals surface area contributed by atoms with Gasteiger partial charge in [0.15, 0.2) is 0 Å². The lowest BCUT2D eigenvalue weighted by Crippen LogP contribution is -2.28. The van der Waals surface area contributed by atoms with Gasteiger partial charge in [0.05, 0.1) is 12.1 Å². The van der Waals surface area contributed by atoms with E-state index in [1.54, 1.807) is 54.4 Å². The fraction of sp³-hybridized carbons (Fsp3) is 0.176. The summed E-state index contributed by atoms with van der Waals surface area (Å²) in [4.78, 5) is 26.0. The van der Waals surface area contributed by atoms with E-state index in [-0.39, 0.29) is 5.91 Å². The van der Waals surface area contributed by atoms with Crippen LogP contribution in [-0.2, 0) is 0 Å². The Balaban J connectivity index is 1.73. The molecule has 3 rings (SSSR count). The number of likely N-dealkylation sites (N-methyl/N-ethyl adjacent to an activating group) is 1. The topological polar surface area (TPSA) is 70.7 Å². The van der Waals surface area contributed by atoms with E-state index in [1.807, 2.05) is 0 Å². The lowest BCUT2D eigenvalue weighted by Gasteiger charge is -2.13. The molecule has 7 heteroatoms. The van der Waals surface area contributed by atoms with Crippen LogP contribution >= 0.6 is 11.6 Å². The molecular weight excluding hydrogens is 330 g/mol. The van der Waals surface area contributed by atoms with Crippen molar-refractivity contribution >= 4 is 34.9 Å². The number of benzene rings is 2. The molecule has 24 heavy (non-hydrogen) atoms. The quantitative estimate of drug-likeness (QED) is 0.875. The molecule has 2 aromatic rings. The van der Waals surface area contributed by atoms with Crippen molar-refractivity contribution in [3.05, 3.63) is 53.1 Å². The number of carbonyl (C=O) groups is 2. The van der Waals surface area contributed by atoms with Crippen LogP contribution in [0.4, 0.5) is 16.2 Å². The molecule has 0 aliphatic carbocycles. The van der Waals surface area contributed by atoms with E-state index in [0.29, 0.717) is 40.9 Å². The highest BCUT2D eigenvalue weighted by Gasteiger charge is 2.21. The number of hydrogen-bond donors (Lipinski definition) is 2. The van der Waals surface area contributed by atoms with Gasteiger partial charge in [-0.2, -0.15) is 0 Å². The highest BCUT2D eigenvalue weighted by molar-refractivity contribution is 6.30. The molecule has 2 aromatic carbocycles. The van der Waals surface area contributed by atoms with Gasteiger partial charge in [0.1, 0.15) is 12.4 Å². The Hall–Kier alpha value is -2.73. The lowest BCUT2D eigenvalue weighted by molar-refractivity contribution is 0.0796. The molecule has 0 atom stereocenters. The Labute approximate surface area is 144 Å². The Morgan fingerprint density at radius 3 is 2.54 bits per heavy atom. The number of rotatable bonds is 2. The van der Waals surface area contributed by atoms with Crippen molar-refractivity contribution in [1.82, 2.24) is 4.90 Å². The maximum absolute atomic E-state index is 12.3. The van der Waals surface area contributed by atoms with Gasteiger partial charge in [0, 0.05) is 23.4 Å². The van der Waals surface area contributed by atoms with Crippen LogP contribution in [0.1, 0.15) is 10.4 Å². The Morgan fingerprint density at radius 2 is 1.79 bits per heavy atom. The van der Waals surface area contributed by atoms with Crippen molar-refractivity contribution in [2.45, 2.75) is 0 Å². The number of urea groups is 1. The first kappa shape index (κ1) is 16.1. The van der Waals surface area contributed by atoms with Gasteiger partial charge < -0.3 is 20.3 Å². The summed E-state index contributed by atoms with van der Waals surface area (Å²) in [5.74, 6) is 0.386. The van der Waals surface area contributed by atoms with Crippen molar-refractivity contribution in [2.24, 2.45) is 0 Å². The molecule has 0 bridgehead atoms. The van der Waals surface area contributed by atoms with Gasteiger partial charge in [-0.3, -0.25) is 4.79 Å². The third-order valence-corrected chi connectivity index (χ3v) is 3.85. The van der Waals surface area contributed by atoms with E-state index >= 15 is 0 Å². The minimum absolute atomic E-state index is 0.135. The number of nitrogens with one attached hydrogen (secondary N) is 2. The molecule has 0 unspecified atom stereocenters. The van der Waals surface area contributed by atoms with Gasteiger partial charge >= 0.3 is 6.03 Å². The van der Waals surface area contributed by atoms with Gasteiger partial charge in [-0.1, -0.05) is 11.6 Å². The summed E-state index contributed by atoms with van der Waals surface area (Å²) in [6, 6.07) is 11.4. The van der Waals surface area contributed by atoms with Crippen molar-refractivity contribution in [3.8, 4) is 5.75 Å². The maximum Gasteiger partial charge on any atom is 0.323 e. The number of nitrogens with zero attached hydrogens (tertiary/aromatic N) is 1. The van der Waals surface area contributed by atoms with Gasteiger partial charge in [-0.05, 0) is 42.5 Å². The molecular formula is C17H16ClN3O3. The zero-order chi connectivity index (χ0) is 17.1. The second-order valence-electron chi connectivity index (χ2n) is 5.37. The summed E-state index contributed by atoms with van der Waals surface area (Å²) >= 11 is 5.81. The van der Waals surface area contributed by atoms with Gasteiger partial charge in [-0.25, -0.2) is 4.79 Å². The zero-order valence-corrected chi connectivity index (χ0v) is 13.8. The molecule has 0 fully saturated rings. The van der Waals surface area contributed by atoms with Crippen LogP contribution in [0, 0.1) is 0 Å². The lowest BCUT2D eigenvalue weighted by atomic mass is 10.1. The maximum atomic E-state index is 12.3. The van der Waals surface area contributed by atoms with E-state index in [0.717, 1.165) is 0 Å². The fourth-order valence-electron chi connectivity index (χ4n) is 2.33. The molecule has 0 aromatic heterocycles. The molecule has 3 amide bonds. The number of carbonyl (C=O) groups excluding carboxylic acids is 2. The predicted octanol–water partition coefficient (Wildman–Crippen LogP) is 3.45. The first-order valence-electron chi connectivity index (χ1n) is 7.39. The van der Waals surface area contributed by atoms with Crippen LogP contribution in [-0.4, -0.2) is 37.0 Å². The molecule has 1 heterocycles. The van der Waals surface area contributed by atoms with Crippen LogP contribution in [0.5, 0.6) is 5.75 Å². The van der Waals surface area contributed by atoms with Crippen molar-refractivity contribution < 1.29 is 14.3 Å². The largest absolute Gasteiger partial charge is 0.491 e. The van der Waals surface area contributed by atoms with Crippen LogP contribution < -0.4 is 15.4 Å². The number of halogens is 1. The highest BCUT2D eigenvalue weighted by atomic mass is 35.5. The van der Waals surface area contributed by atoms with Gasteiger partial charge in [-0.15, -0.1) is 0 Å². The van der Waals surface area contributed by atoms with Crippen LogP contribution in [0.25, 0.3) is 0 Å². The van der Waals surface area contributed by atoms with Gasteiger partial charge in [0.2, 0.25) is 0 Å². The molecule has 2 N–H and O–H groups in total. The molecule has 124 valence electrons. The van der Waals surface area contributed by atoms with Crippen LogP contribution in [0.3, 0.4) is 0 Å². The molecule has 1 aliphatic heterocycles. The van der Waals surface area contributed by atoms with E-state index in [1.165, 1.54) is 0 Å². The monoisotopic (exact) mass is 345 g/mol. The van der Waals surface area contributed by atoms with Gasteiger partial charge in [0.25, 0.3) is 5.91 Å². The number of fused-ring (bicyclic) bond motifs is 1.